The Morgan fingerprint density at radius 1 is 1.33 bits per heavy atom. The number of rotatable bonds is 3. The van der Waals surface area contributed by atoms with Crippen LogP contribution in [0.25, 0.3) is 0 Å². The maximum Gasteiger partial charge on any atom is 0.328 e. The Kier molecular flexibility index (Phi) is 3.54. The van der Waals surface area contributed by atoms with Crippen LogP contribution in [0.3, 0.4) is 0 Å². The van der Waals surface area contributed by atoms with Gasteiger partial charge in [-0.25, -0.2) is 4.79 Å². The van der Waals surface area contributed by atoms with Crippen molar-refractivity contribution in [1.29, 1.82) is 0 Å². The van der Waals surface area contributed by atoms with Gasteiger partial charge in [0.25, 0.3) is 0 Å². The fourth-order valence-electron chi connectivity index (χ4n) is 1.00. The molecule has 0 bridgehead atoms. The topological polar surface area (TPSA) is 87.6 Å². The molecule has 1 aliphatic heterocycles. The van der Waals surface area contributed by atoms with E-state index in [1.165, 1.54) is 6.21 Å². The zero-order valence-corrected chi connectivity index (χ0v) is 8.61. The molecule has 1 fully saturated rings. The Morgan fingerprint density at radius 2 is 1.87 bits per heavy atom. The van der Waals surface area contributed by atoms with Gasteiger partial charge in [0.05, 0.1) is 0 Å². The second-order valence-corrected chi connectivity index (χ2v) is 3.34. The number of urea groups is 1. The van der Waals surface area contributed by atoms with Crippen molar-refractivity contribution in [1.82, 2.24) is 10.6 Å². The molecule has 1 heterocycles. The first-order chi connectivity index (χ1) is 7.04. The van der Waals surface area contributed by atoms with Gasteiger partial charge in [0.15, 0.2) is 5.92 Å². The van der Waals surface area contributed by atoms with Crippen LogP contribution in [0.1, 0.15) is 20.3 Å². The van der Waals surface area contributed by atoms with Crippen molar-refractivity contribution in [3.63, 3.8) is 0 Å². The van der Waals surface area contributed by atoms with Gasteiger partial charge in [0, 0.05) is 12.3 Å². The van der Waals surface area contributed by atoms with Gasteiger partial charge in [-0.15, -0.1) is 0 Å². The number of imide groups is 2. The lowest BCUT2D eigenvalue weighted by atomic mass is 10.1. The lowest BCUT2D eigenvalue weighted by molar-refractivity contribution is -0.132. The molecule has 0 aromatic carbocycles. The molecule has 0 aromatic heterocycles. The van der Waals surface area contributed by atoms with E-state index in [1.54, 1.807) is 0 Å². The van der Waals surface area contributed by atoms with Crippen molar-refractivity contribution in [2.75, 3.05) is 0 Å². The predicted molar refractivity (Wildman–Crippen MR) is 53.4 cm³/mol. The Morgan fingerprint density at radius 3 is 2.33 bits per heavy atom. The smallest absolute Gasteiger partial charge is 0.293 e. The number of nitrogens with one attached hydrogen (secondary N) is 2. The van der Waals surface area contributed by atoms with Crippen LogP contribution in [0.4, 0.5) is 4.79 Å². The second kappa shape index (κ2) is 4.68. The largest absolute Gasteiger partial charge is 0.328 e. The molecule has 2 N–H and O–H groups in total. The Hall–Kier alpha value is -1.72. The number of hydrogen-bond donors (Lipinski definition) is 2. The van der Waals surface area contributed by atoms with Gasteiger partial charge in [0.2, 0.25) is 11.8 Å². The summed E-state index contributed by atoms with van der Waals surface area (Å²) in [6, 6.07) is -0.721. The summed E-state index contributed by atoms with van der Waals surface area (Å²) >= 11 is 0. The van der Waals surface area contributed by atoms with E-state index in [9.17, 15) is 14.4 Å². The molecule has 0 spiro atoms. The highest BCUT2D eigenvalue weighted by molar-refractivity contribution is 6.23. The summed E-state index contributed by atoms with van der Waals surface area (Å²) in [6.45, 7) is 3.83. The third-order valence-corrected chi connectivity index (χ3v) is 2.12. The predicted octanol–water partition coefficient (Wildman–Crippen LogP) is -0.162. The second-order valence-electron chi connectivity index (χ2n) is 3.34. The Bertz CT molecular complexity index is 305. The Balaban J connectivity index is 2.68. The SMILES string of the molecule is CC[C@H](C)N=CC1C(=O)NC(=O)NC1=O. The highest BCUT2D eigenvalue weighted by Gasteiger charge is 2.32. The molecular weight excluding hydrogens is 198 g/mol. The lowest BCUT2D eigenvalue weighted by Crippen LogP contribution is -2.56. The summed E-state index contributed by atoms with van der Waals surface area (Å²) in [5.41, 5.74) is 0. The van der Waals surface area contributed by atoms with Gasteiger partial charge in [-0.3, -0.25) is 25.2 Å². The summed E-state index contributed by atoms with van der Waals surface area (Å²) in [6.07, 6.45) is 2.11. The van der Waals surface area contributed by atoms with E-state index in [1.807, 2.05) is 24.5 Å². The molecular formula is C9H13N3O3. The van der Waals surface area contributed by atoms with E-state index in [0.717, 1.165) is 6.42 Å². The summed E-state index contributed by atoms with van der Waals surface area (Å²) in [5, 5.41) is 4.00. The first-order valence-electron chi connectivity index (χ1n) is 4.73. The number of amides is 4. The van der Waals surface area contributed by atoms with Crippen molar-refractivity contribution < 1.29 is 14.4 Å². The van der Waals surface area contributed by atoms with Crippen LogP contribution in [0.5, 0.6) is 0 Å². The van der Waals surface area contributed by atoms with Crippen molar-refractivity contribution in [2.24, 2.45) is 10.9 Å². The van der Waals surface area contributed by atoms with Crippen molar-refractivity contribution in [2.45, 2.75) is 26.3 Å². The summed E-state index contributed by atoms with van der Waals surface area (Å²) in [4.78, 5) is 37.2. The maximum absolute atomic E-state index is 11.2. The fraction of sp³-hybridized carbons (Fsp3) is 0.556. The standard InChI is InChI=1S/C9H13N3O3/c1-3-5(2)10-4-6-7(13)11-9(15)12-8(6)14/h4-6H,3H2,1-2H3,(H2,11,12,13,14,15)/t5-/m0/s1. The molecule has 0 saturated carbocycles. The molecule has 6 nitrogen and oxygen atoms in total. The molecule has 1 saturated heterocycles. The van der Waals surface area contributed by atoms with Crippen molar-refractivity contribution in [3.05, 3.63) is 0 Å². The number of carbonyl (C=O) groups excluding carboxylic acids is 3. The van der Waals surface area contributed by atoms with E-state index < -0.39 is 23.8 Å². The molecule has 0 aliphatic carbocycles. The van der Waals surface area contributed by atoms with Gasteiger partial charge >= 0.3 is 6.03 Å². The molecule has 0 aromatic rings. The van der Waals surface area contributed by atoms with Gasteiger partial charge in [-0.05, 0) is 13.3 Å². The first kappa shape index (κ1) is 11.4. The first-order valence-corrected chi connectivity index (χ1v) is 4.73. The molecule has 4 amide bonds. The van der Waals surface area contributed by atoms with E-state index in [0.29, 0.717) is 0 Å². The lowest BCUT2D eigenvalue weighted by Gasteiger charge is -2.17. The number of barbiturate groups is 1. The Labute approximate surface area is 87.1 Å². The van der Waals surface area contributed by atoms with Crippen LogP contribution in [-0.2, 0) is 9.59 Å². The van der Waals surface area contributed by atoms with Gasteiger partial charge in [-0.2, -0.15) is 0 Å². The number of carbonyl (C=O) groups is 3. The average Bonchev–Trinajstić information content (AvgIpc) is 2.15. The highest BCUT2D eigenvalue weighted by Crippen LogP contribution is 2.01. The number of nitrogens with zero attached hydrogens (tertiary/aromatic N) is 1. The van der Waals surface area contributed by atoms with Crippen LogP contribution in [0.2, 0.25) is 0 Å². The average molecular weight is 211 g/mol. The summed E-state index contributed by atoms with van der Waals surface area (Å²) < 4.78 is 0. The van der Waals surface area contributed by atoms with E-state index >= 15 is 0 Å². The summed E-state index contributed by atoms with van der Waals surface area (Å²) in [5.74, 6) is -2.26. The maximum atomic E-state index is 11.2. The van der Waals surface area contributed by atoms with E-state index in [-0.39, 0.29) is 6.04 Å². The number of hydrogen-bond acceptors (Lipinski definition) is 4. The molecule has 1 rings (SSSR count). The molecule has 1 atom stereocenters. The van der Waals surface area contributed by atoms with E-state index in [4.69, 9.17) is 0 Å². The quantitative estimate of drug-likeness (QED) is 0.502. The normalized spacial score (nSPS) is 20.3. The van der Waals surface area contributed by atoms with Crippen LogP contribution in [-0.4, -0.2) is 30.1 Å². The monoisotopic (exact) mass is 211 g/mol. The van der Waals surface area contributed by atoms with Gasteiger partial charge in [0.1, 0.15) is 0 Å². The minimum Gasteiger partial charge on any atom is -0.293 e. The van der Waals surface area contributed by atoms with Crippen molar-refractivity contribution in [3.8, 4) is 0 Å². The zero-order chi connectivity index (χ0) is 11.4. The van der Waals surface area contributed by atoms with Crippen molar-refractivity contribution >= 4 is 24.1 Å². The summed E-state index contributed by atoms with van der Waals surface area (Å²) in [7, 11) is 0. The highest BCUT2D eigenvalue weighted by atomic mass is 16.2. The van der Waals surface area contributed by atoms with Crippen LogP contribution in [0.15, 0.2) is 4.99 Å². The van der Waals surface area contributed by atoms with Crippen LogP contribution >= 0.6 is 0 Å². The van der Waals surface area contributed by atoms with Gasteiger partial charge in [-0.1, -0.05) is 6.92 Å². The molecule has 6 heteroatoms. The zero-order valence-electron chi connectivity index (χ0n) is 8.61. The molecule has 0 unspecified atom stereocenters. The van der Waals surface area contributed by atoms with Crippen LogP contribution < -0.4 is 10.6 Å². The molecule has 15 heavy (non-hydrogen) atoms. The fourth-order valence-corrected chi connectivity index (χ4v) is 1.00. The third-order valence-electron chi connectivity index (χ3n) is 2.12. The van der Waals surface area contributed by atoms with Gasteiger partial charge < -0.3 is 0 Å². The molecule has 0 radical (unpaired) electrons. The van der Waals surface area contributed by atoms with Crippen LogP contribution in [0, 0.1) is 5.92 Å². The molecule has 1 aliphatic rings. The minimum absolute atomic E-state index is 0.0585. The minimum atomic E-state index is -1.00. The number of aliphatic imine (C=N–C) groups is 1. The molecule has 82 valence electrons. The van der Waals surface area contributed by atoms with E-state index in [2.05, 4.69) is 4.99 Å². The third kappa shape index (κ3) is 2.87.